The number of esters is 1. The Balaban J connectivity index is 2.11. The molecule has 1 atom stereocenters. The monoisotopic (exact) mass is 326 g/mol. The molecule has 1 saturated heterocycles. The molecule has 2 amide bonds. The number of hydrogen-bond donors (Lipinski definition) is 1. The summed E-state index contributed by atoms with van der Waals surface area (Å²) >= 11 is 0. The Bertz CT molecular complexity index is 686. The summed E-state index contributed by atoms with van der Waals surface area (Å²) in [6.45, 7) is 0. The van der Waals surface area contributed by atoms with E-state index < -0.39 is 21.8 Å². The predicted octanol–water partition coefficient (Wildman–Crippen LogP) is 1.12. The Kier molecular flexibility index (Phi) is 4.70. The molecule has 120 valence electrons. The first kappa shape index (κ1) is 16.3. The molecule has 0 bridgehead atoms. The minimum absolute atomic E-state index is 0.0322. The first-order chi connectivity index (χ1) is 10.3. The zero-order valence-corrected chi connectivity index (χ0v) is 13.2. The molecule has 1 aliphatic rings. The van der Waals surface area contributed by atoms with Crippen molar-refractivity contribution in [3.05, 3.63) is 29.8 Å². The molecule has 8 heteroatoms. The van der Waals surface area contributed by atoms with Crippen LogP contribution in [0.2, 0.25) is 0 Å². The Hall–Kier alpha value is -2.09. The number of urea groups is 1. The van der Waals surface area contributed by atoms with Crippen molar-refractivity contribution in [1.82, 2.24) is 4.90 Å². The topological polar surface area (TPSA) is 92.8 Å². The molecule has 7 nitrogen and oxygen atoms in total. The van der Waals surface area contributed by atoms with Crippen LogP contribution in [0.4, 0.5) is 10.5 Å². The summed E-state index contributed by atoms with van der Waals surface area (Å²) in [4.78, 5) is 25.3. The minimum atomic E-state index is -3.07. The maximum atomic E-state index is 12.2. The molecule has 0 aliphatic carbocycles. The highest BCUT2D eigenvalue weighted by Crippen LogP contribution is 2.20. The van der Waals surface area contributed by atoms with Gasteiger partial charge in [0, 0.05) is 13.1 Å². The van der Waals surface area contributed by atoms with E-state index in [-0.39, 0.29) is 23.1 Å². The van der Waals surface area contributed by atoms with Gasteiger partial charge in [-0.3, -0.25) is 0 Å². The molecular formula is C14H18N2O5S. The number of rotatable bonds is 3. The second kappa shape index (κ2) is 6.35. The average Bonchev–Trinajstić information content (AvgIpc) is 2.86. The highest BCUT2D eigenvalue weighted by Gasteiger charge is 2.33. The second-order valence-corrected chi connectivity index (χ2v) is 7.36. The summed E-state index contributed by atoms with van der Waals surface area (Å²) < 4.78 is 27.6. The fourth-order valence-electron chi connectivity index (χ4n) is 2.33. The Labute approximate surface area is 129 Å². The lowest BCUT2D eigenvalue weighted by molar-refractivity contribution is 0.0602. The van der Waals surface area contributed by atoms with Gasteiger partial charge in [0.25, 0.3) is 0 Å². The lowest BCUT2D eigenvalue weighted by atomic mass is 10.2. The SMILES string of the molecule is COC(=O)c1ccccc1NC(=O)N(C)C1CCS(=O)(=O)C1. The molecule has 1 unspecified atom stereocenters. The van der Waals surface area contributed by atoms with Crippen molar-refractivity contribution in [2.45, 2.75) is 12.5 Å². The van der Waals surface area contributed by atoms with E-state index in [1.807, 2.05) is 0 Å². The highest BCUT2D eigenvalue weighted by atomic mass is 32.2. The van der Waals surface area contributed by atoms with Gasteiger partial charge in [-0.2, -0.15) is 0 Å². The quantitative estimate of drug-likeness (QED) is 0.840. The van der Waals surface area contributed by atoms with Gasteiger partial charge >= 0.3 is 12.0 Å². The molecule has 1 fully saturated rings. The van der Waals surface area contributed by atoms with Crippen molar-refractivity contribution < 1.29 is 22.7 Å². The number of amides is 2. The number of nitrogens with zero attached hydrogens (tertiary/aromatic N) is 1. The molecule has 1 N–H and O–H groups in total. The van der Waals surface area contributed by atoms with Crippen molar-refractivity contribution in [3.8, 4) is 0 Å². The number of carbonyl (C=O) groups excluding carboxylic acids is 2. The number of anilines is 1. The molecular weight excluding hydrogens is 308 g/mol. The molecule has 1 heterocycles. The van der Waals surface area contributed by atoms with E-state index >= 15 is 0 Å². The van der Waals surface area contributed by atoms with Gasteiger partial charge in [0.1, 0.15) is 0 Å². The smallest absolute Gasteiger partial charge is 0.339 e. The van der Waals surface area contributed by atoms with Gasteiger partial charge in [-0.1, -0.05) is 12.1 Å². The van der Waals surface area contributed by atoms with Crippen molar-refractivity contribution >= 4 is 27.5 Å². The van der Waals surface area contributed by atoms with E-state index in [0.717, 1.165) is 0 Å². The summed E-state index contributed by atoms with van der Waals surface area (Å²) in [7, 11) is -0.265. The molecule has 2 rings (SSSR count). The first-order valence-electron chi connectivity index (χ1n) is 6.75. The van der Waals surface area contributed by atoms with Crippen LogP contribution < -0.4 is 5.32 Å². The number of methoxy groups -OCH3 is 1. The number of para-hydroxylation sites is 1. The Morgan fingerprint density at radius 2 is 2.00 bits per heavy atom. The van der Waals surface area contributed by atoms with E-state index in [2.05, 4.69) is 10.1 Å². The van der Waals surface area contributed by atoms with Crippen LogP contribution in [0.1, 0.15) is 16.8 Å². The third-order valence-electron chi connectivity index (χ3n) is 3.65. The molecule has 1 aromatic rings. The summed E-state index contributed by atoms with van der Waals surface area (Å²) in [5.74, 6) is -0.495. The molecule has 0 radical (unpaired) electrons. The highest BCUT2D eigenvalue weighted by molar-refractivity contribution is 7.91. The Morgan fingerprint density at radius 1 is 1.32 bits per heavy atom. The van der Waals surface area contributed by atoms with Crippen molar-refractivity contribution in [1.29, 1.82) is 0 Å². The molecule has 0 saturated carbocycles. The largest absolute Gasteiger partial charge is 0.465 e. The van der Waals surface area contributed by atoms with Crippen molar-refractivity contribution in [2.75, 3.05) is 31.0 Å². The molecule has 1 aliphatic heterocycles. The van der Waals surface area contributed by atoms with Crippen molar-refractivity contribution in [3.63, 3.8) is 0 Å². The maximum Gasteiger partial charge on any atom is 0.339 e. The lowest BCUT2D eigenvalue weighted by Crippen LogP contribution is -2.40. The number of nitrogens with one attached hydrogen (secondary N) is 1. The van der Waals surface area contributed by atoms with Gasteiger partial charge in [0.05, 0.1) is 29.9 Å². The average molecular weight is 326 g/mol. The Morgan fingerprint density at radius 3 is 2.59 bits per heavy atom. The summed E-state index contributed by atoms with van der Waals surface area (Å²) in [6.07, 6.45) is 0.422. The van der Waals surface area contributed by atoms with Crippen LogP contribution in [-0.4, -0.2) is 57.0 Å². The van der Waals surface area contributed by atoms with E-state index in [4.69, 9.17) is 0 Å². The van der Waals surface area contributed by atoms with Crippen LogP contribution in [0.5, 0.6) is 0 Å². The fourth-order valence-corrected chi connectivity index (χ4v) is 4.10. The third-order valence-corrected chi connectivity index (χ3v) is 5.40. The van der Waals surface area contributed by atoms with Crippen LogP contribution >= 0.6 is 0 Å². The number of hydrogen-bond acceptors (Lipinski definition) is 5. The van der Waals surface area contributed by atoms with Crippen molar-refractivity contribution in [2.24, 2.45) is 0 Å². The fraction of sp³-hybridized carbons (Fsp3) is 0.429. The summed E-state index contributed by atoms with van der Waals surface area (Å²) in [5.41, 5.74) is 0.567. The first-order valence-corrected chi connectivity index (χ1v) is 8.58. The van der Waals surface area contributed by atoms with Crippen LogP contribution in [-0.2, 0) is 14.6 Å². The van der Waals surface area contributed by atoms with E-state index in [0.29, 0.717) is 12.1 Å². The van der Waals surface area contributed by atoms with Crippen LogP contribution in [0, 0.1) is 0 Å². The minimum Gasteiger partial charge on any atom is -0.465 e. The zero-order valence-electron chi connectivity index (χ0n) is 12.4. The maximum absolute atomic E-state index is 12.2. The van der Waals surface area contributed by atoms with Crippen LogP contribution in [0.15, 0.2) is 24.3 Å². The van der Waals surface area contributed by atoms with E-state index in [1.54, 1.807) is 31.3 Å². The normalized spacial score (nSPS) is 19.5. The number of sulfone groups is 1. The van der Waals surface area contributed by atoms with Gasteiger partial charge in [-0.25, -0.2) is 18.0 Å². The van der Waals surface area contributed by atoms with Gasteiger partial charge in [-0.15, -0.1) is 0 Å². The van der Waals surface area contributed by atoms with Gasteiger partial charge in [0.15, 0.2) is 9.84 Å². The molecule has 0 spiro atoms. The number of benzene rings is 1. The van der Waals surface area contributed by atoms with Gasteiger partial charge in [0.2, 0.25) is 0 Å². The predicted molar refractivity (Wildman–Crippen MR) is 81.6 cm³/mol. The second-order valence-electron chi connectivity index (χ2n) is 5.14. The van der Waals surface area contributed by atoms with Gasteiger partial charge < -0.3 is 15.0 Å². The zero-order chi connectivity index (χ0) is 16.3. The number of ether oxygens (including phenoxy) is 1. The summed E-state index contributed by atoms with van der Waals surface area (Å²) in [5, 5.41) is 2.62. The van der Waals surface area contributed by atoms with E-state index in [9.17, 15) is 18.0 Å². The van der Waals surface area contributed by atoms with E-state index in [1.165, 1.54) is 12.0 Å². The third kappa shape index (κ3) is 3.56. The lowest BCUT2D eigenvalue weighted by Gasteiger charge is -2.24. The van der Waals surface area contributed by atoms with Gasteiger partial charge in [-0.05, 0) is 18.6 Å². The summed E-state index contributed by atoms with van der Waals surface area (Å²) in [6, 6.07) is 5.66. The number of carbonyl (C=O) groups is 2. The van der Waals surface area contributed by atoms with Crippen LogP contribution in [0.3, 0.4) is 0 Å². The standard InChI is InChI=1S/C14H18N2O5S/c1-16(10-7-8-22(19,20)9-10)14(18)15-12-6-4-3-5-11(12)13(17)21-2/h3-6,10H,7-9H2,1-2H3,(H,15,18). The molecule has 22 heavy (non-hydrogen) atoms. The van der Waals surface area contributed by atoms with Crippen LogP contribution in [0.25, 0.3) is 0 Å². The molecule has 1 aromatic carbocycles. The molecule has 0 aromatic heterocycles.